The van der Waals surface area contributed by atoms with Crippen molar-refractivity contribution in [3.05, 3.63) is 48.0 Å². The fourth-order valence-electron chi connectivity index (χ4n) is 3.46. The molecule has 0 unspecified atom stereocenters. The molecule has 0 aromatic heterocycles. The molecular weight excluding hydrogens is 398 g/mol. The van der Waals surface area contributed by atoms with Crippen LogP contribution in [0.3, 0.4) is 0 Å². The van der Waals surface area contributed by atoms with E-state index in [4.69, 9.17) is 9.47 Å². The summed E-state index contributed by atoms with van der Waals surface area (Å²) in [6.07, 6.45) is 15.4. The zero-order valence-electron chi connectivity index (χ0n) is 20.0. The molecule has 0 aliphatic carbocycles. The van der Waals surface area contributed by atoms with Gasteiger partial charge in [-0.25, -0.2) is 0 Å². The van der Waals surface area contributed by atoms with Crippen LogP contribution in [0.25, 0.3) is 0 Å². The average Bonchev–Trinajstić information content (AvgIpc) is 2.81. The van der Waals surface area contributed by atoms with E-state index in [1.807, 2.05) is 36.4 Å². The van der Waals surface area contributed by atoms with Crippen LogP contribution in [0.5, 0.6) is 17.2 Å². The zero-order chi connectivity index (χ0) is 22.9. The Balaban J connectivity index is 1.70. The Hall–Kier alpha value is -2.49. The molecule has 0 atom stereocenters. The third kappa shape index (κ3) is 10.7. The topological polar surface area (TPSA) is 51.0 Å². The first-order valence-corrected chi connectivity index (χ1v) is 12.5. The fourth-order valence-corrected chi connectivity index (χ4v) is 3.46. The van der Waals surface area contributed by atoms with E-state index in [9.17, 15) is 5.11 Å². The van der Waals surface area contributed by atoms with Gasteiger partial charge in [0.2, 0.25) is 0 Å². The Bertz CT molecular complexity index is 771. The molecule has 2 aromatic rings. The lowest BCUT2D eigenvalue weighted by Gasteiger charge is -2.08. The van der Waals surface area contributed by atoms with Crippen molar-refractivity contribution in [2.24, 2.45) is 4.99 Å². The van der Waals surface area contributed by atoms with Crippen molar-refractivity contribution in [3.63, 3.8) is 0 Å². The minimum absolute atomic E-state index is 0.179. The number of unbranched alkanes of at least 4 members (excludes halogenated alkanes) is 9. The summed E-state index contributed by atoms with van der Waals surface area (Å²) in [6, 6.07) is 13.1. The molecule has 0 fully saturated rings. The van der Waals surface area contributed by atoms with E-state index in [0.717, 1.165) is 30.9 Å². The number of benzene rings is 2. The van der Waals surface area contributed by atoms with E-state index in [1.165, 1.54) is 57.8 Å². The molecule has 32 heavy (non-hydrogen) atoms. The molecule has 0 aliphatic heterocycles. The largest absolute Gasteiger partial charge is 0.507 e. The van der Waals surface area contributed by atoms with Crippen molar-refractivity contribution in [1.82, 2.24) is 0 Å². The number of hydrogen-bond donors (Lipinski definition) is 1. The number of rotatable bonds is 17. The van der Waals surface area contributed by atoms with Crippen LogP contribution in [0.15, 0.2) is 47.5 Å². The van der Waals surface area contributed by atoms with Gasteiger partial charge in [-0.15, -0.1) is 0 Å². The van der Waals surface area contributed by atoms with Gasteiger partial charge in [-0.1, -0.05) is 71.6 Å². The first kappa shape index (κ1) is 25.8. The van der Waals surface area contributed by atoms with Crippen LogP contribution < -0.4 is 9.47 Å². The van der Waals surface area contributed by atoms with Gasteiger partial charge in [0.25, 0.3) is 0 Å². The van der Waals surface area contributed by atoms with Gasteiger partial charge >= 0.3 is 0 Å². The average molecular weight is 440 g/mol. The smallest absolute Gasteiger partial charge is 0.128 e. The Morgan fingerprint density at radius 1 is 0.688 bits per heavy atom. The third-order valence-electron chi connectivity index (χ3n) is 5.47. The molecule has 1 N–H and O–H groups in total. The highest BCUT2D eigenvalue weighted by atomic mass is 16.5. The van der Waals surface area contributed by atoms with Crippen molar-refractivity contribution in [2.45, 2.75) is 84.5 Å². The van der Waals surface area contributed by atoms with Gasteiger partial charge in [0.15, 0.2) is 0 Å². The molecule has 0 bridgehead atoms. The van der Waals surface area contributed by atoms with E-state index >= 15 is 0 Å². The van der Waals surface area contributed by atoms with Crippen LogP contribution in [0.1, 0.15) is 90.0 Å². The standard InChI is InChI=1S/C28H41NO3/c1-3-5-7-8-9-10-11-13-21-32-27-17-14-24(28(30)22-27)23-29-25-15-18-26(19-16-25)31-20-12-6-4-2/h14-19,22-23,30H,3-13,20-21H2,1-2H3. The van der Waals surface area contributed by atoms with Crippen LogP contribution in [-0.4, -0.2) is 24.5 Å². The second-order valence-electron chi connectivity index (χ2n) is 8.35. The van der Waals surface area contributed by atoms with E-state index in [-0.39, 0.29) is 5.75 Å². The van der Waals surface area contributed by atoms with Crippen LogP contribution in [-0.2, 0) is 0 Å². The maximum atomic E-state index is 10.3. The van der Waals surface area contributed by atoms with Crippen molar-refractivity contribution >= 4 is 11.9 Å². The number of aromatic hydroxyl groups is 1. The van der Waals surface area contributed by atoms with Crippen molar-refractivity contribution in [1.29, 1.82) is 0 Å². The predicted molar refractivity (Wildman–Crippen MR) is 135 cm³/mol. The van der Waals surface area contributed by atoms with Gasteiger partial charge in [-0.3, -0.25) is 4.99 Å². The predicted octanol–water partition coefficient (Wildman–Crippen LogP) is 8.23. The van der Waals surface area contributed by atoms with Gasteiger partial charge < -0.3 is 14.6 Å². The van der Waals surface area contributed by atoms with Crippen LogP contribution >= 0.6 is 0 Å². The van der Waals surface area contributed by atoms with Crippen LogP contribution in [0, 0.1) is 0 Å². The molecule has 2 aromatic carbocycles. The molecule has 0 heterocycles. The molecular formula is C28H41NO3. The zero-order valence-corrected chi connectivity index (χ0v) is 20.0. The van der Waals surface area contributed by atoms with Crippen molar-refractivity contribution in [3.8, 4) is 17.2 Å². The van der Waals surface area contributed by atoms with E-state index in [2.05, 4.69) is 18.8 Å². The Kier molecular flexibility index (Phi) is 13.0. The molecule has 4 nitrogen and oxygen atoms in total. The van der Waals surface area contributed by atoms with Crippen molar-refractivity contribution < 1.29 is 14.6 Å². The number of hydrogen-bond acceptors (Lipinski definition) is 4. The summed E-state index contributed by atoms with van der Waals surface area (Å²) >= 11 is 0. The molecule has 176 valence electrons. The highest BCUT2D eigenvalue weighted by Crippen LogP contribution is 2.24. The molecule has 0 aliphatic rings. The first-order valence-electron chi connectivity index (χ1n) is 12.5. The maximum absolute atomic E-state index is 10.3. The molecule has 2 rings (SSSR count). The lowest BCUT2D eigenvalue weighted by atomic mass is 10.1. The number of aliphatic imine (C=N–C) groups is 1. The lowest BCUT2D eigenvalue weighted by Crippen LogP contribution is -1.97. The Morgan fingerprint density at radius 3 is 1.88 bits per heavy atom. The summed E-state index contributed by atoms with van der Waals surface area (Å²) in [6.45, 7) is 5.87. The summed E-state index contributed by atoms with van der Waals surface area (Å²) in [4.78, 5) is 4.46. The van der Waals surface area contributed by atoms with Gasteiger partial charge in [-0.05, 0) is 49.2 Å². The first-order chi connectivity index (χ1) is 15.7. The number of phenols is 1. The molecule has 0 saturated heterocycles. The summed E-state index contributed by atoms with van der Waals surface area (Å²) in [5, 5.41) is 10.3. The minimum Gasteiger partial charge on any atom is -0.507 e. The second kappa shape index (κ2) is 16.2. The highest BCUT2D eigenvalue weighted by molar-refractivity contribution is 5.85. The monoisotopic (exact) mass is 439 g/mol. The maximum Gasteiger partial charge on any atom is 0.128 e. The molecule has 4 heteroatoms. The van der Waals surface area contributed by atoms with Crippen molar-refractivity contribution in [2.75, 3.05) is 13.2 Å². The highest BCUT2D eigenvalue weighted by Gasteiger charge is 2.02. The number of ether oxygens (including phenoxy) is 2. The van der Waals surface area contributed by atoms with Gasteiger partial charge in [0, 0.05) is 17.8 Å². The Morgan fingerprint density at radius 2 is 1.22 bits per heavy atom. The Labute approximate surface area is 194 Å². The molecule has 0 radical (unpaired) electrons. The van der Waals surface area contributed by atoms with Crippen LogP contribution in [0.4, 0.5) is 5.69 Å². The summed E-state index contributed by atoms with van der Waals surface area (Å²) in [7, 11) is 0. The number of nitrogens with zero attached hydrogens (tertiary/aromatic N) is 1. The molecule has 0 spiro atoms. The third-order valence-corrected chi connectivity index (χ3v) is 5.47. The fraction of sp³-hybridized carbons (Fsp3) is 0.536. The van der Waals surface area contributed by atoms with E-state index in [1.54, 1.807) is 12.3 Å². The van der Waals surface area contributed by atoms with E-state index < -0.39 is 0 Å². The summed E-state index contributed by atoms with van der Waals surface area (Å²) in [5.41, 5.74) is 1.49. The second-order valence-corrected chi connectivity index (χ2v) is 8.35. The van der Waals surface area contributed by atoms with E-state index in [0.29, 0.717) is 17.9 Å². The van der Waals surface area contributed by atoms with Crippen LogP contribution in [0.2, 0.25) is 0 Å². The quantitative estimate of drug-likeness (QED) is 0.199. The normalized spacial score (nSPS) is 11.2. The lowest BCUT2D eigenvalue weighted by molar-refractivity contribution is 0.302. The summed E-state index contributed by atoms with van der Waals surface area (Å²) < 4.78 is 11.5. The summed E-state index contributed by atoms with van der Waals surface area (Å²) in [5.74, 6) is 1.74. The number of phenolic OH excluding ortho intramolecular Hbond substituents is 1. The van der Waals surface area contributed by atoms with Gasteiger partial charge in [0.05, 0.1) is 18.9 Å². The molecule has 0 amide bonds. The SMILES string of the molecule is CCCCCCCCCCOc1ccc(C=Nc2ccc(OCCCCC)cc2)c(O)c1. The molecule has 0 saturated carbocycles. The van der Waals surface area contributed by atoms with Gasteiger partial charge in [-0.2, -0.15) is 0 Å². The minimum atomic E-state index is 0.179. The van der Waals surface area contributed by atoms with Gasteiger partial charge in [0.1, 0.15) is 17.2 Å².